The highest BCUT2D eigenvalue weighted by Gasteiger charge is 2.11. The average Bonchev–Trinajstić information content (AvgIpc) is 2.77. The quantitative estimate of drug-likeness (QED) is 0.854. The third kappa shape index (κ3) is 2.95. The van der Waals surface area contributed by atoms with E-state index in [1.807, 2.05) is 17.5 Å². The summed E-state index contributed by atoms with van der Waals surface area (Å²) in [5, 5.41) is 1.98. The van der Waals surface area contributed by atoms with Crippen LogP contribution in [0.4, 0.5) is 0 Å². The van der Waals surface area contributed by atoms with Gasteiger partial charge in [0.25, 0.3) is 5.56 Å². The number of hydrogen-bond acceptors (Lipinski definition) is 3. The van der Waals surface area contributed by atoms with Gasteiger partial charge in [-0.25, -0.2) is 4.98 Å². The minimum atomic E-state index is -0.0420. The normalized spacial score (nSPS) is 11.1. The lowest BCUT2D eigenvalue weighted by molar-refractivity contribution is 0.631. The lowest BCUT2D eigenvalue weighted by Crippen LogP contribution is -2.17. The zero-order chi connectivity index (χ0) is 12.4. The number of rotatable bonds is 3. The summed E-state index contributed by atoms with van der Waals surface area (Å²) >= 11 is 3.65. The van der Waals surface area contributed by atoms with Gasteiger partial charge in [-0.3, -0.25) is 4.79 Å². The van der Waals surface area contributed by atoms with Crippen LogP contribution in [0.25, 0.3) is 10.7 Å². The van der Waals surface area contributed by atoms with Gasteiger partial charge in [-0.1, -0.05) is 19.9 Å². The van der Waals surface area contributed by atoms with Crippen LogP contribution in [-0.2, 0) is 6.42 Å². The summed E-state index contributed by atoms with van der Waals surface area (Å²) < 4.78 is 0.705. The summed E-state index contributed by atoms with van der Waals surface area (Å²) in [6.07, 6.45) is 0.834. The summed E-state index contributed by atoms with van der Waals surface area (Å²) in [7, 11) is 0. The Bertz CT molecular complexity index is 560. The molecule has 0 fully saturated rings. The Morgan fingerprint density at radius 3 is 2.88 bits per heavy atom. The first-order chi connectivity index (χ1) is 8.08. The molecule has 17 heavy (non-hydrogen) atoms. The summed E-state index contributed by atoms with van der Waals surface area (Å²) in [6.45, 7) is 4.26. The maximum absolute atomic E-state index is 11.8. The molecule has 2 rings (SSSR count). The molecule has 2 aromatic rings. The first kappa shape index (κ1) is 12.8. The van der Waals surface area contributed by atoms with E-state index in [9.17, 15) is 4.79 Å². The molecule has 0 aromatic carbocycles. The van der Waals surface area contributed by atoms with Gasteiger partial charge in [0.2, 0.25) is 0 Å². The van der Waals surface area contributed by atoms with Crippen molar-refractivity contribution in [2.75, 3.05) is 0 Å². The van der Waals surface area contributed by atoms with Crippen molar-refractivity contribution in [3.05, 3.63) is 37.1 Å². The largest absolute Gasteiger partial charge is 0.305 e. The maximum atomic E-state index is 11.8. The van der Waals surface area contributed by atoms with Gasteiger partial charge >= 0.3 is 0 Å². The second kappa shape index (κ2) is 5.30. The molecule has 5 heteroatoms. The molecule has 0 saturated heterocycles. The SMILES string of the molecule is CC(C)Cc1nc(-c2cccs2)[nH]c(=O)c1I. The predicted octanol–water partition coefficient (Wildman–Crippen LogP) is 3.30. The summed E-state index contributed by atoms with van der Waals surface area (Å²) in [4.78, 5) is 20.2. The smallest absolute Gasteiger partial charge is 0.264 e. The average molecular weight is 360 g/mol. The van der Waals surface area contributed by atoms with Crippen LogP contribution in [0.5, 0.6) is 0 Å². The van der Waals surface area contributed by atoms with Crippen molar-refractivity contribution in [1.29, 1.82) is 0 Å². The molecule has 0 aliphatic rings. The first-order valence-electron chi connectivity index (χ1n) is 5.40. The summed E-state index contributed by atoms with van der Waals surface area (Å²) in [5.41, 5.74) is 0.854. The first-order valence-corrected chi connectivity index (χ1v) is 7.36. The van der Waals surface area contributed by atoms with E-state index >= 15 is 0 Å². The molecule has 1 N–H and O–H groups in total. The highest BCUT2D eigenvalue weighted by Crippen LogP contribution is 2.21. The summed E-state index contributed by atoms with van der Waals surface area (Å²) in [6, 6.07) is 3.93. The van der Waals surface area contributed by atoms with Crippen molar-refractivity contribution in [3.8, 4) is 10.7 Å². The predicted molar refractivity (Wildman–Crippen MR) is 79.4 cm³/mol. The topological polar surface area (TPSA) is 45.8 Å². The van der Waals surface area contributed by atoms with E-state index in [1.165, 1.54) is 0 Å². The monoisotopic (exact) mass is 360 g/mol. The molecule has 0 radical (unpaired) electrons. The maximum Gasteiger partial charge on any atom is 0.264 e. The fourth-order valence-corrected chi connectivity index (χ4v) is 2.70. The number of hydrogen-bond donors (Lipinski definition) is 1. The molecule has 0 amide bonds. The van der Waals surface area contributed by atoms with E-state index in [4.69, 9.17) is 0 Å². The van der Waals surface area contributed by atoms with E-state index in [1.54, 1.807) is 11.3 Å². The summed E-state index contributed by atoms with van der Waals surface area (Å²) in [5.74, 6) is 1.18. The lowest BCUT2D eigenvalue weighted by Gasteiger charge is -2.07. The van der Waals surface area contributed by atoms with Gasteiger partial charge in [0, 0.05) is 0 Å². The lowest BCUT2D eigenvalue weighted by atomic mass is 10.1. The molecule has 0 aliphatic heterocycles. The fraction of sp³-hybridized carbons (Fsp3) is 0.333. The molecule has 0 unspecified atom stereocenters. The molecular formula is C12H13IN2OS. The molecule has 0 atom stereocenters. The number of aromatic nitrogens is 2. The van der Waals surface area contributed by atoms with Crippen LogP contribution in [-0.4, -0.2) is 9.97 Å². The van der Waals surface area contributed by atoms with Crippen LogP contribution in [0.15, 0.2) is 22.3 Å². The molecule has 0 bridgehead atoms. The molecule has 2 heterocycles. The molecule has 0 spiro atoms. The van der Waals surface area contributed by atoms with E-state index < -0.39 is 0 Å². The van der Waals surface area contributed by atoms with Gasteiger partial charge in [0.05, 0.1) is 14.1 Å². The van der Waals surface area contributed by atoms with Crippen molar-refractivity contribution >= 4 is 33.9 Å². The Labute approximate surface area is 117 Å². The molecule has 0 saturated carbocycles. The Morgan fingerprint density at radius 1 is 1.53 bits per heavy atom. The van der Waals surface area contributed by atoms with Crippen molar-refractivity contribution < 1.29 is 0 Å². The van der Waals surface area contributed by atoms with E-state index in [2.05, 4.69) is 46.4 Å². The van der Waals surface area contributed by atoms with E-state index in [0.717, 1.165) is 17.0 Å². The van der Waals surface area contributed by atoms with Crippen LogP contribution in [0.1, 0.15) is 19.5 Å². The van der Waals surface area contributed by atoms with Crippen molar-refractivity contribution in [2.45, 2.75) is 20.3 Å². The highest BCUT2D eigenvalue weighted by molar-refractivity contribution is 14.1. The van der Waals surface area contributed by atoms with E-state index in [-0.39, 0.29) is 5.56 Å². The third-order valence-corrected chi connectivity index (χ3v) is 4.28. The number of halogens is 1. The van der Waals surface area contributed by atoms with Gasteiger partial charge < -0.3 is 4.98 Å². The molecule has 90 valence electrons. The number of thiophene rings is 1. The van der Waals surface area contributed by atoms with Crippen molar-refractivity contribution in [2.24, 2.45) is 5.92 Å². The van der Waals surface area contributed by atoms with Gasteiger partial charge in [-0.2, -0.15) is 0 Å². The number of nitrogens with zero attached hydrogens (tertiary/aromatic N) is 1. The zero-order valence-electron chi connectivity index (χ0n) is 9.66. The Balaban J connectivity index is 2.50. The number of nitrogens with one attached hydrogen (secondary N) is 1. The molecule has 0 aliphatic carbocycles. The fourth-order valence-electron chi connectivity index (χ4n) is 1.56. The third-order valence-electron chi connectivity index (χ3n) is 2.29. The standard InChI is InChI=1S/C12H13IN2OS/c1-7(2)6-8-10(13)12(16)15-11(14-8)9-4-3-5-17-9/h3-5,7H,6H2,1-2H3,(H,14,15,16). The van der Waals surface area contributed by atoms with Crippen LogP contribution < -0.4 is 5.56 Å². The highest BCUT2D eigenvalue weighted by atomic mass is 127. The van der Waals surface area contributed by atoms with Gasteiger partial charge in [-0.15, -0.1) is 11.3 Å². The van der Waals surface area contributed by atoms with Crippen LogP contribution in [0.3, 0.4) is 0 Å². The van der Waals surface area contributed by atoms with E-state index in [0.29, 0.717) is 15.3 Å². The Hall–Kier alpha value is -0.690. The van der Waals surface area contributed by atoms with Gasteiger partial charge in [0.15, 0.2) is 5.82 Å². The van der Waals surface area contributed by atoms with Gasteiger partial charge in [0.1, 0.15) is 0 Å². The van der Waals surface area contributed by atoms with Crippen LogP contribution in [0, 0.1) is 9.49 Å². The second-order valence-electron chi connectivity index (χ2n) is 4.25. The minimum absolute atomic E-state index is 0.0420. The Kier molecular flexibility index (Phi) is 3.98. The van der Waals surface area contributed by atoms with Crippen LogP contribution in [0.2, 0.25) is 0 Å². The molecule has 3 nitrogen and oxygen atoms in total. The Morgan fingerprint density at radius 2 is 2.29 bits per heavy atom. The van der Waals surface area contributed by atoms with Crippen LogP contribution >= 0.6 is 33.9 Å². The number of aromatic amines is 1. The molecular weight excluding hydrogens is 347 g/mol. The minimum Gasteiger partial charge on any atom is -0.305 e. The second-order valence-corrected chi connectivity index (χ2v) is 6.28. The number of H-pyrrole nitrogens is 1. The van der Waals surface area contributed by atoms with Crippen molar-refractivity contribution in [3.63, 3.8) is 0 Å². The van der Waals surface area contributed by atoms with Gasteiger partial charge in [-0.05, 0) is 46.4 Å². The zero-order valence-corrected chi connectivity index (χ0v) is 12.6. The molecule has 2 aromatic heterocycles. The van der Waals surface area contributed by atoms with Crippen molar-refractivity contribution in [1.82, 2.24) is 9.97 Å².